The number of rotatable bonds is 7. The van der Waals surface area contributed by atoms with Crippen LogP contribution in [0.5, 0.6) is 0 Å². The van der Waals surface area contributed by atoms with Crippen LogP contribution in [0.1, 0.15) is 27.7 Å². The highest BCUT2D eigenvalue weighted by Gasteiger charge is 2.13. The van der Waals surface area contributed by atoms with Gasteiger partial charge in [0.1, 0.15) is 0 Å². The van der Waals surface area contributed by atoms with Crippen LogP contribution in [0.4, 0.5) is 0 Å². The zero-order valence-electron chi connectivity index (χ0n) is 9.95. The van der Waals surface area contributed by atoms with Gasteiger partial charge in [-0.1, -0.05) is 6.58 Å². The summed E-state index contributed by atoms with van der Waals surface area (Å²) in [6, 6.07) is 0. The summed E-state index contributed by atoms with van der Waals surface area (Å²) in [5, 5.41) is 2.64. The van der Waals surface area contributed by atoms with Crippen LogP contribution in [0, 0.1) is 0 Å². The van der Waals surface area contributed by atoms with Crippen LogP contribution in [-0.4, -0.2) is 30.9 Å². The van der Waals surface area contributed by atoms with Crippen molar-refractivity contribution in [1.82, 2.24) is 5.32 Å². The van der Waals surface area contributed by atoms with E-state index in [-0.39, 0.29) is 18.1 Å². The molecular formula is C11H21NO3. The fourth-order valence-electron chi connectivity index (χ4n) is 0.992. The molecule has 0 saturated heterocycles. The number of ether oxygens (including phenoxy) is 2. The summed E-state index contributed by atoms with van der Waals surface area (Å²) in [5.41, 5.74) is 0. The molecule has 0 aliphatic rings. The Balaban J connectivity index is 4.00. The maximum Gasteiger partial charge on any atom is 0.243 e. The van der Waals surface area contributed by atoms with Crippen molar-refractivity contribution in [2.45, 2.75) is 46.2 Å². The number of amides is 1. The van der Waals surface area contributed by atoms with Gasteiger partial charge in [0, 0.05) is 0 Å². The van der Waals surface area contributed by atoms with Crippen molar-refractivity contribution in [2.24, 2.45) is 0 Å². The maximum atomic E-state index is 10.9. The van der Waals surface area contributed by atoms with Crippen LogP contribution in [-0.2, 0) is 14.3 Å². The molecular weight excluding hydrogens is 194 g/mol. The van der Waals surface area contributed by atoms with E-state index in [0.29, 0.717) is 6.54 Å². The fourth-order valence-corrected chi connectivity index (χ4v) is 0.992. The van der Waals surface area contributed by atoms with E-state index >= 15 is 0 Å². The number of carbonyl (C=O) groups excluding carboxylic acids is 1. The molecule has 0 heterocycles. The van der Waals surface area contributed by atoms with Crippen molar-refractivity contribution in [3.05, 3.63) is 12.7 Å². The minimum absolute atomic E-state index is 0.0642. The van der Waals surface area contributed by atoms with Crippen LogP contribution in [0.15, 0.2) is 12.7 Å². The number of hydrogen-bond donors (Lipinski definition) is 1. The molecule has 0 aromatic carbocycles. The predicted molar refractivity (Wildman–Crippen MR) is 59.4 cm³/mol. The van der Waals surface area contributed by atoms with E-state index in [9.17, 15) is 4.79 Å². The summed E-state index contributed by atoms with van der Waals surface area (Å²) in [6.07, 6.45) is 0.944. The van der Waals surface area contributed by atoms with Gasteiger partial charge in [0.25, 0.3) is 0 Å². The van der Waals surface area contributed by atoms with Crippen LogP contribution in [0.3, 0.4) is 0 Å². The molecule has 1 N–H and O–H groups in total. The second kappa shape index (κ2) is 7.43. The Hall–Kier alpha value is -0.870. The molecule has 0 radical (unpaired) electrons. The molecule has 0 unspecified atom stereocenters. The molecule has 0 fully saturated rings. The summed E-state index contributed by atoms with van der Waals surface area (Å²) < 4.78 is 11.0. The lowest BCUT2D eigenvalue weighted by atomic mass is 10.4. The second-order valence-electron chi connectivity index (χ2n) is 3.75. The molecule has 0 atom stereocenters. The van der Waals surface area contributed by atoms with E-state index in [2.05, 4.69) is 11.9 Å². The Kier molecular flexibility index (Phi) is 6.99. The molecule has 4 nitrogen and oxygen atoms in total. The molecule has 0 bridgehead atoms. The van der Waals surface area contributed by atoms with Crippen LogP contribution in [0.2, 0.25) is 0 Å². The molecule has 4 heteroatoms. The van der Waals surface area contributed by atoms with Crippen LogP contribution in [0.25, 0.3) is 0 Å². The quantitative estimate of drug-likeness (QED) is 0.516. The molecule has 0 saturated carbocycles. The number of nitrogens with one attached hydrogen (secondary N) is 1. The topological polar surface area (TPSA) is 47.6 Å². The summed E-state index contributed by atoms with van der Waals surface area (Å²) in [5.74, 6) is -0.222. The smallest absolute Gasteiger partial charge is 0.243 e. The zero-order valence-corrected chi connectivity index (χ0v) is 9.95. The van der Waals surface area contributed by atoms with E-state index in [0.717, 1.165) is 0 Å². The van der Waals surface area contributed by atoms with Crippen molar-refractivity contribution in [2.75, 3.05) is 6.54 Å². The summed E-state index contributed by atoms with van der Waals surface area (Å²) in [6.45, 7) is 11.4. The Labute approximate surface area is 91.6 Å². The normalized spacial score (nSPS) is 11.1. The van der Waals surface area contributed by atoms with Crippen molar-refractivity contribution in [3.8, 4) is 0 Å². The van der Waals surface area contributed by atoms with E-state index in [1.807, 2.05) is 27.7 Å². The highest BCUT2D eigenvalue weighted by atomic mass is 16.7. The zero-order chi connectivity index (χ0) is 11.8. The van der Waals surface area contributed by atoms with Gasteiger partial charge in [-0.15, -0.1) is 0 Å². The molecule has 0 spiro atoms. The van der Waals surface area contributed by atoms with E-state index in [1.165, 1.54) is 6.08 Å². The van der Waals surface area contributed by atoms with Gasteiger partial charge in [0.2, 0.25) is 5.91 Å². The Morgan fingerprint density at radius 3 is 2.07 bits per heavy atom. The van der Waals surface area contributed by atoms with Gasteiger partial charge in [0.15, 0.2) is 6.29 Å². The number of carbonyl (C=O) groups is 1. The van der Waals surface area contributed by atoms with Crippen molar-refractivity contribution in [3.63, 3.8) is 0 Å². The lowest BCUT2D eigenvalue weighted by Crippen LogP contribution is -2.37. The lowest BCUT2D eigenvalue weighted by Gasteiger charge is -2.22. The fraction of sp³-hybridized carbons (Fsp3) is 0.727. The minimum atomic E-state index is -0.408. The van der Waals surface area contributed by atoms with Crippen LogP contribution < -0.4 is 5.32 Å². The van der Waals surface area contributed by atoms with Gasteiger partial charge < -0.3 is 14.8 Å². The first kappa shape index (κ1) is 14.1. The van der Waals surface area contributed by atoms with E-state index < -0.39 is 6.29 Å². The van der Waals surface area contributed by atoms with Gasteiger partial charge in [0.05, 0.1) is 18.8 Å². The average Bonchev–Trinajstić information content (AvgIpc) is 2.11. The van der Waals surface area contributed by atoms with Crippen molar-refractivity contribution < 1.29 is 14.3 Å². The lowest BCUT2D eigenvalue weighted by molar-refractivity contribution is -0.178. The summed E-state index contributed by atoms with van der Waals surface area (Å²) in [4.78, 5) is 10.9. The first-order chi connectivity index (χ1) is 6.95. The third-order valence-electron chi connectivity index (χ3n) is 1.48. The van der Waals surface area contributed by atoms with Crippen molar-refractivity contribution in [1.29, 1.82) is 0 Å². The molecule has 1 amide bonds. The average molecular weight is 215 g/mol. The first-order valence-corrected chi connectivity index (χ1v) is 5.17. The maximum absolute atomic E-state index is 10.9. The molecule has 0 aliphatic heterocycles. The van der Waals surface area contributed by atoms with Gasteiger partial charge in [-0.3, -0.25) is 4.79 Å². The molecule has 0 aromatic rings. The van der Waals surface area contributed by atoms with Gasteiger partial charge >= 0.3 is 0 Å². The van der Waals surface area contributed by atoms with Gasteiger partial charge in [-0.05, 0) is 33.8 Å². The standard InChI is InChI=1S/C11H21NO3/c1-6-10(13)12-7-11(14-8(2)3)15-9(4)5/h6,8-9,11H,1,7H2,2-5H3,(H,12,13). The Morgan fingerprint density at radius 1 is 1.27 bits per heavy atom. The third-order valence-corrected chi connectivity index (χ3v) is 1.48. The third kappa shape index (κ3) is 8.15. The van der Waals surface area contributed by atoms with Gasteiger partial charge in [-0.25, -0.2) is 0 Å². The Bertz CT molecular complexity index is 192. The highest BCUT2D eigenvalue weighted by molar-refractivity contribution is 5.86. The largest absolute Gasteiger partial charge is 0.348 e. The van der Waals surface area contributed by atoms with Crippen molar-refractivity contribution >= 4 is 5.91 Å². The van der Waals surface area contributed by atoms with Crippen LogP contribution >= 0.6 is 0 Å². The molecule has 88 valence electrons. The summed E-state index contributed by atoms with van der Waals surface area (Å²) >= 11 is 0. The monoisotopic (exact) mass is 215 g/mol. The minimum Gasteiger partial charge on any atom is -0.348 e. The first-order valence-electron chi connectivity index (χ1n) is 5.17. The SMILES string of the molecule is C=CC(=O)NCC(OC(C)C)OC(C)C. The molecule has 0 aliphatic carbocycles. The molecule has 15 heavy (non-hydrogen) atoms. The number of hydrogen-bond acceptors (Lipinski definition) is 3. The second-order valence-corrected chi connectivity index (χ2v) is 3.75. The highest BCUT2D eigenvalue weighted by Crippen LogP contribution is 2.02. The summed E-state index contributed by atoms with van der Waals surface area (Å²) in [7, 11) is 0. The molecule has 0 aromatic heterocycles. The van der Waals surface area contributed by atoms with E-state index in [1.54, 1.807) is 0 Å². The van der Waals surface area contributed by atoms with E-state index in [4.69, 9.17) is 9.47 Å². The Morgan fingerprint density at radius 2 is 1.73 bits per heavy atom. The van der Waals surface area contributed by atoms with Gasteiger partial charge in [-0.2, -0.15) is 0 Å². The molecule has 0 rings (SSSR count). The predicted octanol–water partition coefficient (Wildman–Crippen LogP) is 1.46.